The molecular weight excluding hydrogens is 131 g/mol. The predicted molar refractivity (Wildman–Crippen MR) is 43.8 cm³/mol. The quantitative estimate of drug-likeness (QED) is 0.441. The van der Waals surface area contributed by atoms with E-state index < -0.39 is 7.14 Å². The van der Waals surface area contributed by atoms with E-state index in [-0.39, 0.29) is 0 Å². The Morgan fingerprint density at radius 3 is 2.22 bits per heavy atom. The van der Waals surface area contributed by atoms with Gasteiger partial charge in [-0.05, 0) is 19.8 Å². The molecule has 2 heteroatoms. The average molecular weight is 146 g/mol. The van der Waals surface area contributed by atoms with Crippen LogP contribution >= 0.6 is 7.14 Å². The summed E-state index contributed by atoms with van der Waals surface area (Å²) in [5.74, 6) is 0. The lowest BCUT2D eigenvalue weighted by atomic mass is 10.4. The fourth-order valence-electron chi connectivity index (χ4n) is 0.495. The molecule has 0 unspecified atom stereocenters. The number of hydrogen-bond donors (Lipinski definition) is 0. The van der Waals surface area contributed by atoms with E-state index in [9.17, 15) is 4.57 Å². The molecule has 0 saturated carbocycles. The maximum atomic E-state index is 11.0. The second kappa shape index (κ2) is 3.90. The lowest BCUT2D eigenvalue weighted by Crippen LogP contribution is -1.78. The standard InChI is InChI=1S/C7H15OP/c1-4-5-6-7-9(2,3)8/h5-6H,4,7H2,1-3H3/b6-5+. The van der Waals surface area contributed by atoms with Crippen LogP contribution in [0.1, 0.15) is 13.3 Å². The molecular formula is C7H15OP. The Bertz CT molecular complexity index is 132. The van der Waals surface area contributed by atoms with E-state index in [0.717, 1.165) is 12.6 Å². The first-order valence-corrected chi connectivity index (χ1v) is 6.04. The minimum absolute atomic E-state index is 0.751. The van der Waals surface area contributed by atoms with E-state index in [0.29, 0.717) is 0 Å². The molecule has 0 aromatic carbocycles. The van der Waals surface area contributed by atoms with E-state index >= 15 is 0 Å². The monoisotopic (exact) mass is 146 g/mol. The van der Waals surface area contributed by atoms with Crippen LogP contribution in [0.4, 0.5) is 0 Å². The minimum Gasteiger partial charge on any atom is -0.324 e. The van der Waals surface area contributed by atoms with Crippen LogP contribution in [0.15, 0.2) is 12.2 Å². The molecule has 0 N–H and O–H groups in total. The Labute approximate surface area is 57.5 Å². The van der Waals surface area contributed by atoms with Gasteiger partial charge >= 0.3 is 0 Å². The van der Waals surface area contributed by atoms with Gasteiger partial charge in [-0.15, -0.1) is 0 Å². The van der Waals surface area contributed by atoms with Crippen LogP contribution in [-0.4, -0.2) is 19.5 Å². The highest BCUT2D eigenvalue weighted by Gasteiger charge is 2.01. The van der Waals surface area contributed by atoms with Crippen LogP contribution in [0.2, 0.25) is 0 Å². The molecule has 1 nitrogen and oxygen atoms in total. The zero-order chi connectivity index (χ0) is 7.33. The van der Waals surface area contributed by atoms with E-state index in [2.05, 4.69) is 13.0 Å². The third-order valence-corrected chi connectivity index (χ3v) is 2.04. The van der Waals surface area contributed by atoms with Crippen LogP contribution in [-0.2, 0) is 4.57 Å². The van der Waals surface area contributed by atoms with Gasteiger partial charge in [0, 0.05) is 6.16 Å². The normalized spacial score (nSPS) is 12.8. The van der Waals surface area contributed by atoms with Crippen LogP contribution in [0.5, 0.6) is 0 Å². The summed E-state index contributed by atoms with van der Waals surface area (Å²) in [6.07, 6.45) is 5.85. The maximum absolute atomic E-state index is 11.0. The average Bonchev–Trinajstić information content (AvgIpc) is 1.63. The Hall–Kier alpha value is -0.0300. The van der Waals surface area contributed by atoms with Crippen molar-refractivity contribution >= 4 is 7.14 Å². The topological polar surface area (TPSA) is 17.1 Å². The molecule has 0 saturated heterocycles. The van der Waals surface area contributed by atoms with Gasteiger partial charge in [0.25, 0.3) is 0 Å². The van der Waals surface area contributed by atoms with Crippen LogP contribution < -0.4 is 0 Å². The van der Waals surface area contributed by atoms with E-state index in [4.69, 9.17) is 0 Å². The lowest BCUT2D eigenvalue weighted by Gasteiger charge is -1.98. The molecule has 0 bridgehead atoms. The highest BCUT2D eigenvalue weighted by molar-refractivity contribution is 7.62. The fourth-order valence-corrected chi connectivity index (χ4v) is 1.15. The van der Waals surface area contributed by atoms with Gasteiger partial charge in [0.2, 0.25) is 0 Å². The summed E-state index contributed by atoms with van der Waals surface area (Å²) in [5, 5.41) is 0. The molecule has 9 heavy (non-hydrogen) atoms. The van der Waals surface area contributed by atoms with Gasteiger partial charge in [-0.2, -0.15) is 0 Å². The summed E-state index contributed by atoms with van der Waals surface area (Å²) >= 11 is 0. The highest BCUT2D eigenvalue weighted by atomic mass is 31.2. The number of hydrogen-bond acceptors (Lipinski definition) is 1. The fraction of sp³-hybridized carbons (Fsp3) is 0.714. The first-order chi connectivity index (χ1) is 4.06. The van der Waals surface area contributed by atoms with Crippen molar-refractivity contribution in [1.82, 2.24) is 0 Å². The summed E-state index contributed by atoms with van der Waals surface area (Å²) in [4.78, 5) is 0. The van der Waals surface area contributed by atoms with Crippen molar-refractivity contribution in [3.05, 3.63) is 12.2 Å². The summed E-state index contributed by atoms with van der Waals surface area (Å²) < 4.78 is 11.0. The van der Waals surface area contributed by atoms with Gasteiger partial charge in [0.05, 0.1) is 7.14 Å². The molecule has 0 aromatic rings. The zero-order valence-corrected chi connectivity index (χ0v) is 7.32. The SMILES string of the molecule is CC/C=C/CP(C)(C)=O. The molecule has 0 aliphatic rings. The largest absolute Gasteiger partial charge is 0.324 e. The van der Waals surface area contributed by atoms with Gasteiger partial charge in [-0.25, -0.2) is 0 Å². The second-order valence-corrected chi connectivity index (χ2v) is 6.15. The molecule has 0 aliphatic carbocycles. The van der Waals surface area contributed by atoms with E-state index in [1.165, 1.54) is 0 Å². The van der Waals surface area contributed by atoms with Gasteiger partial charge in [-0.3, -0.25) is 0 Å². The number of rotatable bonds is 3. The lowest BCUT2D eigenvalue weighted by molar-refractivity contribution is 0.584. The van der Waals surface area contributed by atoms with Crippen LogP contribution in [0.25, 0.3) is 0 Å². The van der Waals surface area contributed by atoms with Crippen molar-refractivity contribution in [3.63, 3.8) is 0 Å². The van der Waals surface area contributed by atoms with Crippen molar-refractivity contribution in [2.45, 2.75) is 13.3 Å². The van der Waals surface area contributed by atoms with Gasteiger partial charge in [0.1, 0.15) is 0 Å². The van der Waals surface area contributed by atoms with E-state index in [1.807, 2.05) is 19.4 Å². The molecule has 0 rings (SSSR count). The molecule has 0 aromatic heterocycles. The Balaban J connectivity index is 3.51. The smallest absolute Gasteiger partial charge is 0.0854 e. The third-order valence-electron chi connectivity index (χ3n) is 0.947. The molecule has 0 amide bonds. The molecule has 0 heterocycles. The second-order valence-electron chi connectivity index (χ2n) is 2.64. The van der Waals surface area contributed by atoms with Gasteiger partial charge in [-0.1, -0.05) is 19.1 Å². The summed E-state index contributed by atoms with van der Waals surface area (Å²) in [6, 6.07) is 0. The maximum Gasteiger partial charge on any atom is 0.0854 e. The van der Waals surface area contributed by atoms with Crippen molar-refractivity contribution in [1.29, 1.82) is 0 Å². The molecule has 0 radical (unpaired) electrons. The van der Waals surface area contributed by atoms with Crippen molar-refractivity contribution in [2.24, 2.45) is 0 Å². The van der Waals surface area contributed by atoms with Crippen molar-refractivity contribution in [2.75, 3.05) is 19.5 Å². The van der Waals surface area contributed by atoms with Crippen molar-refractivity contribution < 1.29 is 4.57 Å². The summed E-state index contributed by atoms with van der Waals surface area (Å²) in [6.45, 7) is 5.70. The first kappa shape index (κ1) is 8.97. The molecule has 54 valence electrons. The Morgan fingerprint density at radius 1 is 1.33 bits per heavy atom. The summed E-state index contributed by atoms with van der Waals surface area (Å²) in [5.41, 5.74) is 0. The van der Waals surface area contributed by atoms with E-state index in [1.54, 1.807) is 0 Å². The predicted octanol–water partition coefficient (Wildman–Crippen LogP) is 2.58. The third kappa shape index (κ3) is 7.97. The van der Waals surface area contributed by atoms with Crippen LogP contribution in [0, 0.1) is 0 Å². The highest BCUT2D eigenvalue weighted by Crippen LogP contribution is 2.35. The molecule has 0 aliphatic heterocycles. The molecule has 0 spiro atoms. The minimum atomic E-state index is -1.78. The van der Waals surface area contributed by atoms with Crippen LogP contribution in [0.3, 0.4) is 0 Å². The van der Waals surface area contributed by atoms with Crippen molar-refractivity contribution in [3.8, 4) is 0 Å². The zero-order valence-electron chi connectivity index (χ0n) is 6.42. The van der Waals surface area contributed by atoms with Gasteiger partial charge < -0.3 is 4.57 Å². The molecule has 0 atom stereocenters. The first-order valence-electron chi connectivity index (χ1n) is 3.25. The van der Waals surface area contributed by atoms with Gasteiger partial charge in [0.15, 0.2) is 0 Å². The Kier molecular flexibility index (Phi) is 3.88. The number of allylic oxidation sites excluding steroid dienone is 2. The molecule has 0 fully saturated rings. The summed E-state index contributed by atoms with van der Waals surface area (Å²) in [7, 11) is -1.78. The Morgan fingerprint density at radius 2 is 1.89 bits per heavy atom.